The molecule has 6 nitrogen and oxygen atoms in total. The van der Waals surface area contributed by atoms with E-state index in [4.69, 9.17) is 4.74 Å². The van der Waals surface area contributed by atoms with Crippen LogP contribution in [0.3, 0.4) is 0 Å². The highest BCUT2D eigenvalue weighted by Gasteiger charge is 2.31. The van der Waals surface area contributed by atoms with E-state index in [0.29, 0.717) is 31.1 Å². The van der Waals surface area contributed by atoms with E-state index in [9.17, 15) is 4.79 Å². The number of rotatable bonds is 4. The van der Waals surface area contributed by atoms with E-state index in [1.165, 1.54) is 11.9 Å². The summed E-state index contributed by atoms with van der Waals surface area (Å²) in [5.74, 6) is 0.642. The zero-order valence-corrected chi connectivity index (χ0v) is 14.3. The van der Waals surface area contributed by atoms with Gasteiger partial charge in [-0.05, 0) is 29.7 Å². The molecule has 1 fully saturated rings. The summed E-state index contributed by atoms with van der Waals surface area (Å²) in [7, 11) is 0. The summed E-state index contributed by atoms with van der Waals surface area (Å²) in [6, 6.07) is 17.8. The number of hydrogen-bond donors (Lipinski definition) is 1. The number of carbonyl (C=O) groups is 1. The first kappa shape index (κ1) is 16.5. The average molecular weight is 348 g/mol. The number of benzene rings is 2. The highest BCUT2D eigenvalue weighted by Crippen LogP contribution is 2.23. The third-order valence-corrected chi connectivity index (χ3v) is 4.56. The van der Waals surface area contributed by atoms with Crippen molar-refractivity contribution in [1.82, 2.24) is 20.1 Å². The van der Waals surface area contributed by atoms with Crippen LogP contribution in [0.5, 0.6) is 0 Å². The predicted molar refractivity (Wildman–Crippen MR) is 96.7 cm³/mol. The van der Waals surface area contributed by atoms with Gasteiger partial charge in [-0.1, -0.05) is 42.5 Å². The molecule has 1 aliphatic heterocycles. The molecule has 132 valence electrons. The fraction of sp³-hybridized carbons (Fsp3) is 0.250. The van der Waals surface area contributed by atoms with Crippen LogP contribution in [0, 0.1) is 0 Å². The van der Waals surface area contributed by atoms with Crippen molar-refractivity contribution in [3.05, 3.63) is 83.4 Å². The third-order valence-electron chi connectivity index (χ3n) is 4.56. The molecule has 0 saturated carbocycles. The van der Waals surface area contributed by atoms with Crippen molar-refractivity contribution in [3.63, 3.8) is 0 Å². The minimum atomic E-state index is -0.239. The standard InChI is InChI=1S/C20H20N4O2/c25-20(24-9-10-26-13-18(24)19-21-14-22-23-19)17-8-4-7-16(12-17)11-15-5-2-1-3-6-15/h1-8,12,14,18H,9-11,13H2,(H,21,22,23). The molecule has 1 amide bonds. The van der Waals surface area contributed by atoms with Crippen molar-refractivity contribution in [2.45, 2.75) is 12.5 Å². The first-order valence-corrected chi connectivity index (χ1v) is 8.68. The number of carbonyl (C=O) groups excluding carboxylic acids is 1. The van der Waals surface area contributed by atoms with E-state index in [1.54, 1.807) is 0 Å². The smallest absolute Gasteiger partial charge is 0.254 e. The monoisotopic (exact) mass is 348 g/mol. The van der Waals surface area contributed by atoms with Gasteiger partial charge in [0.05, 0.1) is 13.2 Å². The molecule has 2 heterocycles. The molecule has 1 atom stereocenters. The molecule has 6 heteroatoms. The van der Waals surface area contributed by atoms with E-state index < -0.39 is 0 Å². The van der Waals surface area contributed by atoms with Gasteiger partial charge in [0.2, 0.25) is 0 Å². The molecule has 3 aromatic rings. The molecule has 2 aromatic carbocycles. The summed E-state index contributed by atoms with van der Waals surface area (Å²) < 4.78 is 5.54. The minimum Gasteiger partial charge on any atom is -0.377 e. The molecule has 0 spiro atoms. The number of nitrogens with one attached hydrogen (secondary N) is 1. The normalized spacial score (nSPS) is 17.2. The van der Waals surface area contributed by atoms with Crippen molar-refractivity contribution in [2.75, 3.05) is 19.8 Å². The minimum absolute atomic E-state index is 0.00962. The van der Waals surface area contributed by atoms with E-state index in [0.717, 1.165) is 12.0 Å². The predicted octanol–water partition coefficient (Wildman–Crippen LogP) is 2.61. The Morgan fingerprint density at radius 1 is 1.15 bits per heavy atom. The molecule has 4 rings (SSSR count). The van der Waals surface area contributed by atoms with Gasteiger partial charge in [0.15, 0.2) is 0 Å². The van der Waals surface area contributed by atoms with Gasteiger partial charge in [0.25, 0.3) is 5.91 Å². The lowest BCUT2D eigenvalue weighted by molar-refractivity contribution is -0.00512. The van der Waals surface area contributed by atoms with Crippen molar-refractivity contribution in [1.29, 1.82) is 0 Å². The number of morpholine rings is 1. The molecule has 1 saturated heterocycles. The fourth-order valence-corrected chi connectivity index (χ4v) is 3.26. The van der Waals surface area contributed by atoms with Gasteiger partial charge in [-0.3, -0.25) is 9.89 Å². The lowest BCUT2D eigenvalue weighted by Gasteiger charge is -2.34. The SMILES string of the molecule is O=C(c1cccc(Cc2ccccc2)c1)N1CCOCC1c1ncn[nH]1. The number of aromatic amines is 1. The highest BCUT2D eigenvalue weighted by molar-refractivity contribution is 5.94. The van der Waals surface area contributed by atoms with E-state index in [-0.39, 0.29) is 11.9 Å². The van der Waals surface area contributed by atoms with Crippen LogP contribution in [-0.2, 0) is 11.2 Å². The first-order chi connectivity index (χ1) is 12.8. The maximum absolute atomic E-state index is 13.1. The zero-order chi connectivity index (χ0) is 17.8. The summed E-state index contributed by atoms with van der Waals surface area (Å²) in [4.78, 5) is 19.1. The van der Waals surface area contributed by atoms with Gasteiger partial charge in [-0.25, -0.2) is 4.98 Å². The van der Waals surface area contributed by atoms with Gasteiger partial charge in [-0.2, -0.15) is 5.10 Å². The van der Waals surface area contributed by atoms with E-state index in [2.05, 4.69) is 33.4 Å². The summed E-state index contributed by atoms with van der Waals surface area (Å²) in [6.45, 7) is 1.48. The van der Waals surface area contributed by atoms with Crippen LogP contribution in [0.25, 0.3) is 0 Å². The van der Waals surface area contributed by atoms with Crippen LogP contribution in [0.2, 0.25) is 0 Å². The maximum Gasteiger partial charge on any atom is 0.254 e. The number of ether oxygens (including phenoxy) is 1. The number of H-pyrrole nitrogens is 1. The number of hydrogen-bond acceptors (Lipinski definition) is 4. The molecule has 0 radical (unpaired) electrons. The molecular weight excluding hydrogens is 328 g/mol. The fourth-order valence-electron chi connectivity index (χ4n) is 3.26. The Bertz CT molecular complexity index is 865. The van der Waals surface area contributed by atoms with Gasteiger partial charge in [0, 0.05) is 12.1 Å². The van der Waals surface area contributed by atoms with Crippen molar-refractivity contribution < 1.29 is 9.53 Å². The summed E-state index contributed by atoms with van der Waals surface area (Å²) in [6.07, 6.45) is 2.25. The Morgan fingerprint density at radius 2 is 2.00 bits per heavy atom. The van der Waals surface area contributed by atoms with Crippen LogP contribution >= 0.6 is 0 Å². The van der Waals surface area contributed by atoms with Crippen LogP contribution in [-0.4, -0.2) is 45.7 Å². The summed E-state index contributed by atoms with van der Waals surface area (Å²) in [5, 5.41) is 6.75. The molecule has 1 N–H and O–H groups in total. The van der Waals surface area contributed by atoms with E-state index in [1.807, 2.05) is 41.3 Å². The lowest BCUT2D eigenvalue weighted by Crippen LogP contribution is -2.43. The first-order valence-electron chi connectivity index (χ1n) is 8.68. The van der Waals surface area contributed by atoms with Crippen LogP contribution < -0.4 is 0 Å². The molecule has 1 unspecified atom stereocenters. The molecule has 0 aliphatic carbocycles. The Balaban J connectivity index is 1.56. The second kappa shape index (κ2) is 7.49. The van der Waals surface area contributed by atoms with Crippen LogP contribution in [0.4, 0.5) is 0 Å². The molecular formula is C20H20N4O2. The largest absolute Gasteiger partial charge is 0.377 e. The lowest BCUT2D eigenvalue weighted by atomic mass is 10.0. The van der Waals surface area contributed by atoms with Gasteiger partial charge in [-0.15, -0.1) is 0 Å². The Kier molecular flexibility index (Phi) is 4.75. The molecule has 26 heavy (non-hydrogen) atoms. The second-order valence-electron chi connectivity index (χ2n) is 6.32. The molecule has 1 aromatic heterocycles. The van der Waals surface area contributed by atoms with Crippen LogP contribution in [0.15, 0.2) is 60.9 Å². The van der Waals surface area contributed by atoms with Gasteiger partial charge < -0.3 is 9.64 Å². The zero-order valence-electron chi connectivity index (χ0n) is 14.3. The highest BCUT2D eigenvalue weighted by atomic mass is 16.5. The quantitative estimate of drug-likeness (QED) is 0.787. The average Bonchev–Trinajstić information content (AvgIpc) is 3.23. The van der Waals surface area contributed by atoms with Gasteiger partial charge in [0.1, 0.15) is 18.2 Å². The van der Waals surface area contributed by atoms with Crippen LogP contribution in [0.1, 0.15) is 33.4 Å². The Hall–Kier alpha value is -2.99. The second-order valence-corrected chi connectivity index (χ2v) is 6.32. The number of amides is 1. The Labute approximate surface area is 151 Å². The van der Waals surface area contributed by atoms with E-state index >= 15 is 0 Å². The Morgan fingerprint density at radius 3 is 2.81 bits per heavy atom. The van der Waals surface area contributed by atoms with Crippen molar-refractivity contribution in [2.24, 2.45) is 0 Å². The summed E-state index contributed by atoms with van der Waals surface area (Å²) >= 11 is 0. The van der Waals surface area contributed by atoms with Gasteiger partial charge >= 0.3 is 0 Å². The number of aromatic nitrogens is 3. The summed E-state index contributed by atoms with van der Waals surface area (Å²) in [5.41, 5.74) is 3.03. The van der Waals surface area contributed by atoms with Crippen molar-refractivity contribution >= 4 is 5.91 Å². The molecule has 1 aliphatic rings. The van der Waals surface area contributed by atoms with Crippen molar-refractivity contribution in [3.8, 4) is 0 Å². The molecule has 0 bridgehead atoms. The number of nitrogens with zero attached hydrogens (tertiary/aromatic N) is 3. The maximum atomic E-state index is 13.1. The topological polar surface area (TPSA) is 71.1 Å². The third kappa shape index (κ3) is 3.50.